The number of ether oxygens (including phenoxy) is 1. The maximum Gasteiger partial charge on any atom is 0.143 e. The van der Waals surface area contributed by atoms with Crippen LogP contribution in [0.25, 0.3) is 0 Å². The first-order chi connectivity index (χ1) is 15.1. The van der Waals surface area contributed by atoms with Crippen molar-refractivity contribution in [3.05, 3.63) is 66.2 Å². The summed E-state index contributed by atoms with van der Waals surface area (Å²) in [4.78, 5) is 5.99. The molecule has 2 aliphatic rings. The Morgan fingerprint density at radius 2 is 1.97 bits per heavy atom. The first-order valence-corrected chi connectivity index (χ1v) is 12.3. The van der Waals surface area contributed by atoms with E-state index in [4.69, 9.17) is 4.74 Å². The number of anilines is 1. The van der Waals surface area contributed by atoms with Crippen molar-refractivity contribution >= 4 is 17.4 Å². The zero-order valence-electron chi connectivity index (χ0n) is 18.7. The second kappa shape index (κ2) is 10.1. The predicted molar refractivity (Wildman–Crippen MR) is 130 cm³/mol. The summed E-state index contributed by atoms with van der Waals surface area (Å²) >= 11 is 1.87. The van der Waals surface area contributed by atoms with E-state index in [0.717, 1.165) is 43.1 Å². The number of hydrogen-bond acceptors (Lipinski definition) is 5. The summed E-state index contributed by atoms with van der Waals surface area (Å²) in [5, 5.41) is 11.9. The van der Waals surface area contributed by atoms with Gasteiger partial charge in [-0.05, 0) is 75.5 Å². The fraction of sp³-hybridized carbons (Fsp3) is 0.462. The van der Waals surface area contributed by atoms with Gasteiger partial charge < -0.3 is 14.7 Å². The van der Waals surface area contributed by atoms with E-state index in [2.05, 4.69) is 59.7 Å². The number of likely N-dealkylation sites (tertiary alicyclic amines) is 1. The first-order valence-electron chi connectivity index (χ1n) is 11.3. The Balaban J connectivity index is 1.72. The van der Waals surface area contributed by atoms with E-state index in [1.807, 2.05) is 23.9 Å². The number of methoxy groups -OCH3 is 1. The summed E-state index contributed by atoms with van der Waals surface area (Å²) in [7, 11) is 1.71. The molecule has 3 atom stereocenters. The van der Waals surface area contributed by atoms with Gasteiger partial charge in [0.05, 0.1) is 24.9 Å². The van der Waals surface area contributed by atoms with Gasteiger partial charge in [-0.1, -0.05) is 29.8 Å². The minimum atomic E-state index is -0.587. The third kappa shape index (κ3) is 4.94. The highest BCUT2D eigenvalue weighted by Crippen LogP contribution is 2.45. The van der Waals surface area contributed by atoms with Crippen LogP contribution in [-0.4, -0.2) is 48.2 Å². The second-order valence-electron chi connectivity index (χ2n) is 8.70. The van der Waals surface area contributed by atoms with E-state index < -0.39 is 6.23 Å². The first kappa shape index (κ1) is 22.3. The standard InChI is InChI=1S/C26H34N2O2S/c1-19(2)13-14-23(27-15-6-7-16-27)26(29)28-22-11-4-5-12-25(22)31-18-24(28)20-9-8-10-21(17-20)30-3/h4-5,8-12,17,23-24,26,29H,1,6-7,13-16,18H2,2-3H3. The molecule has 0 amide bonds. The molecule has 0 bridgehead atoms. The van der Waals surface area contributed by atoms with Gasteiger partial charge in [-0.3, -0.25) is 4.90 Å². The van der Waals surface area contributed by atoms with Crippen LogP contribution in [0.5, 0.6) is 5.75 Å². The van der Waals surface area contributed by atoms with Crippen molar-refractivity contribution in [1.29, 1.82) is 0 Å². The van der Waals surface area contributed by atoms with Crippen molar-refractivity contribution in [2.45, 2.75) is 55.8 Å². The summed E-state index contributed by atoms with van der Waals surface area (Å²) in [5.74, 6) is 1.75. The molecule has 2 heterocycles. The van der Waals surface area contributed by atoms with Crippen LogP contribution >= 0.6 is 11.8 Å². The van der Waals surface area contributed by atoms with Gasteiger partial charge in [0.1, 0.15) is 12.0 Å². The van der Waals surface area contributed by atoms with Crippen LogP contribution in [0, 0.1) is 0 Å². The molecule has 0 aliphatic carbocycles. The highest BCUT2D eigenvalue weighted by atomic mass is 32.2. The number of benzene rings is 2. The monoisotopic (exact) mass is 438 g/mol. The number of fused-ring (bicyclic) bond motifs is 1. The van der Waals surface area contributed by atoms with Crippen molar-refractivity contribution in [3.8, 4) is 5.75 Å². The maximum absolute atomic E-state index is 11.9. The van der Waals surface area contributed by atoms with Crippen molar-refractivity contribution < 1.29 is 9.84 Å². The number of allylic oxidation sites excluding steroid dienone is 1. The molecular weight excluding hydrogens is 404 g/mol. The molecule has 2 aliphatic heterocycles. The second-order valence-corrected chi connectivity index (χ2v) is 9.76. The molecule has 4 rings (SSSR count). The largest absolute Gasteiger partial charge is 0.497 e. The lowest BCUT2D eigenvalue weighted by molar-refractivity contribution is 0.0487. The molecule has 1 saturated heterocycles. The molecule has 0 saturated carbocycles. The molecule has 4 nitrogen and oxygen atoms in total. The maximum atomic E-state index is 11.9. The van der Waals surface area contributed by atoms with Gasteiger partial charge >= 0.3 is 0 Å². The van der Waals surface area contributed by atoms with Crippen LogP contribution in [0.15, 0.2) is 65.6 Å². The number of thioether (sulfide) groups is 1. The minimum absolute atomic E-state index is 0.0833. The Bertz CT molecular complexity index is 896. The highest BCUT2D eigenvalue weighted by molar-refractivity contribution is 7.99. The van der Waals surface area contributed by atoms with Crippen LogP contribution in [0.2, 0.25) is 0 Å². The number of para-hydroxylation sites is 1. The van der Waals surface area contributed by atoms with Gasteiger partial charge in [-0.25, -0.2) is 0 Å². The Hall–Kier alpha value is -1.95. The molecule has 31 heavy (non-hydrogen) atoms. The number of hydrogen-bond donors (Lipinski definition) is 1. The van der Waals surface area contributed by atoms with Crippen LogP contribution < -0.4 is 9.64 Å². The summed E-state index contributed by atoms with van der Waals surface area (Å²) in [5.41, 5.74) is 3.48. The molecule has 5 heteroatoms. The average Bonchev–Trinajstić information content (AvgIpc) is 3.32. The lowest BCUT2D eigenvalue weighted by Gasteiger charge is -2.46. The van der Waals surface area contributed by atoms with Crippen LogP contribution in [0.4, 0.5) is 5.69 Å². The Kier molecular flexibility index (Phi) is 7.26. The van der Waals surface area contributed by atoms with Crippen LogP contribution in [-0.2, 0) is 0 Å². The van der Waals surface area contributed by atoms with Gasteiger partial charge in [-0.15, -0.1) is 18.3 Å². The third-order valence-electron chi connectivity index (χ3n) is 6.46. The molecule has 0 spiro atoms. The van der Waals surface area contributed by atoms with Gasteiger partial charge in [0.2, 0.25) is 0 Å². The van der Waals surface area contributed by atoms with E-state index in [1.54, 1.807) is 7.11 Å². The Labute approximate surface area is 190 Å². The molecule has 3 unspecified atom stereocenters. The zero-order chi connectivity index (χ0) is 21.8. The molecular formula is C26H34N2O2S. The molecule has 2 aromatic rings. The smallest absolute Gasteiger partial charge is 0.143 e. The number of rotatable bonds is 8. The lowest BCUT2D eigenvalue weighted by Crippen LogP contribution is -2.53. The quantitative estimate of drug-likeness (QED) is 0.552. The van der Waals surface area contributed by atoms with Gasteiger partial charge in [-0.2, -0.15) is 0 Å². The summed E-state index contributed by atoms with van der Waals surface area (Å²) in [6.45, 7) is 8.32. The predicted octanol–water partition coefficient (Wildman–Crippen LogP) is 5.49. The number of aliphatic hydroxyl groups excluding tert-OH is 1. The normalized spacial score (nSPS) is 20.9. The molecule has 1 N–H and O–H groups in total. The van der Waals surface area contributed by atoms with E-state index >= 15 is 0 Å². The Morgan fingerprint density at radius 1 is 1.19 bits per heavy atom. The number of nitrogens with zero attached hydrogens (tertiary/aromatic N) is 2. The summed E-state index contributed by atoms with van der Waals surface area (Å²) in [6.07, 6.45) is 3.69. The number of aliphatic hydroxyl groups is 1. The fourth-order valence-electron chi connectivity index (χ4n) is 4.82. The topological polar surface area (TPSA) is 35.9 Å². The molecule has 0 aromatic heterocycles. The van der Waals surface area contributed by atoms with Crippen molar-refractivity contribution in [2.24, 2.45) is 0 Å². The molecule has 1 fully saturated rings. The fourth-order valence-corrected chi connectivity index (χ4v) is 6.00. The third-order valence-corrected chi connectivity index (χ3v) is 7.60. The SMILES string of the molecule is C=C(C)CCC(C(O)N1c2ccccc2SCC1c1cccc(OC)c1)N1CCCC1. The zero-order valence-corrected chi connectivity index (χ0v) is 19.5. The highest BCUT2D eigenvalue weighted by Gasteiger charge is 2.38. The van der Waals surface area contributed by atoms with E-state index in [1.165, 1.54) is 28.9 Å². The van der Waals surface area contributed by atoms with Crippen molar-refractivity contribution in [1.82, 2.24) is 4.90 Å². The van der Waals surface area contributed by atoms with Crippen molar-refractivity contribution in [3.63, 3.8) is 0 Å². The van der Waals surface area contributed by atoms with E-state index in [-0.39, 0.29) is 12.1 Å². The van der Waals surface area contributed by atoms with Crippen molar-refractivity contribution in [2.75, 3.05) is 30.9 Å². The Morgan fingerprint density at radius 3 is 2.71 bits per heavy atom. The van der Waals surface area contributed by atoms with Gasteiger partial charge in [0.15, 0.2) is 0 Å². The van der Waals surface area contributed by atoms with E-state index in [9.17, 15) is 5.11 Å². The minimum Gasteiger partial charge on any atom is -0.497 e. The molecule has 2 aromatic carbocycles. The van der Waals surface area contributed by atoms with Gasteiger partial charge in [0, 0.05) is 10.6 Å². The van der Waals surface area contributed by atoms with Crippen LogP contribution in [0.3, 0.4) is 0 Å². The van der Waals surface area contributed by atoms with Gasteiger partial charge in [0.25, 0.3) is 0 Å². The average molecular weight is 439 g/mol. The molecule has 0 radical (unpaired) electrons. The molecule has 166 valence electrons. The summed E-state index contributed by atoms with van der Waals surface area (Å²) < 4.78 is 5.50. The van der Waals surface area contributed by atoms with E-state index in [0.29, 0.717) is 0 Å². The lowest BCUT2D eigenvalue weighted by atomic mass is 9.99. The van der Waals surface area contributed by atoms with Crippen LogP contribution in [0.1, 0.15) is 44.2 Å². The summed E-state index contributed by atoms with van der Waals surface area (Å²) in [6, 6.07) is 16.9.